The zero-order valence-corrected chi connectivity index (χ0v) is 21.8. The Morgan fingerprint density at radius 1 is 0.421 bits per heavy atom. The van der Waals surface area contributed by atoms with Crippen LogP contribution in [0, 0.1) is 23.7 Å². The van der Waals surface area contributed by atoms with Gasteiger partial charge in [-0.3, -0.25) is 9.59 Å². The van der Waals surface area contributed by atoms with Crippen molar-refractivity contribution in [1.29, 1.82) is 0 Å². The van der Waals surface area contributed by atoms with E-state index in [2.05, 4.69) is 23.7 Å². The smallest absolute Gasteiger partial charge is 0.194 e. The van der Waals surface area contributed by atoms with Gasteiger partial charge in [0, 0.05) is 84.1 Å². The van der Waals surface area contributed by atoms with E-state index in [0.29, 0.717) is 33.4 Å². The summed E-state index contributed by atoms with van der Waals surface area (Å²) in [6, 6.07) is 26.3. The van der Waals surface area contributed by atoms with Crippen molar-refractivity contribution in [3.8, 4) is 23.7 Å². The average molecular weight is 495 g/mol. The number of nitrogens with zero attached hydrogens (tertiary/aromatic N) is 2. The van der Waals surface area contributed by atoms with Crippen molar-refractivity contribution in [2.45, 2.75) is 0 Å². The molecule has 4 aromatic carbocycles. The monoisotopic (exact) mass is 494 g/mol. The molecule has 0 atom stereocenters. The molecule has 1 aliphatic rings. The molecule has 4 nitrogen and oxygen atoms in total. The van der Waals surface area contributed by atoms with Gasteiger partial charge in [0.15, 0.2) is 11.6 Å². The quantitative estimate of drug-likeness (QED) is 0.309. The Bertz CT molecular complexity index is 1560. The molecule has 4 aromatic rings. The third-order valence-corrected chi connectivity index (χ3v) is 6.49. The number of ketones is 2. The van der Waals surface area contributed by atoms with Crippen LogP contribution < -0.4 is 9.80 Å². The number of rotatable bonds is 2. The summed E-state index contributed by atoms with van der Waals surface area (Å²) >= 11 is 0. The van der Waals surface area contributed by atoms with Crippen LogP contribution in [-0.4, -0.2) is 39.8 Å². The number of carbonyl (C=O) groups is 2. The Hall–Kier alpha value is -5.06. The number of benzene rings is 4. The van der Waals surface area contributed by atoms with Gasteiger partial charge in [0.25, 0.3) is 0 Å². The van der Waals surface area contributed by atoms with Crippen molar-refractivity contribution < 1.29 is 9.59 Å². The second-order valence-corrected chi connectivity index (χ2v) is 9.56. The van der Waals surface area contributed by atoms with Gasteiger partial charge in [-0.2, -0.15) is 0 Å². The van der Waals surface area contributed by atoms with Gasteiger partial charge in [-0.1, -0.05) is 23.7 Å². The van der Waals surface area contributed by atoms with E-state index in [4.69, 9.17) is 0 Å². The Morgan fingerprint density at radius 2 is 0.737 bits per heavy atom. The van der Waals surface area contributed by atoms with Crippen LogP contribution in [0.15, 0.2) is 84.9 Å². The lowest BCUT2D eigenvalue weighted by atomic mass is 9.82. The molecular weight excluding hydrogens is 468 g/mol. The molecule has 0 amide bonds. The van der Waals surface area contributed by atoms with Crippen LogP contribution in [0.1, 0.15) is 54.1 Å². The minimum atomic E-state index is -0.174. The second-order valence-electron chi connectivity index (χ2n) is 9.56. The fourth-order valence-electron chi connectivity index (χ4n) is 4.28. The first kappa shape index (κ1) is 24.6. The molecule has 38 heavy (non-hydrogen) atoms. The van der Waals surface area contributed by atoms with E-state index in [1.165, 1.54) is 0 Å². The van der Waals surface area contributed by atoms with E-state index in [9.17, 15) is 9.59 Å². The zero-order chi connectivity index (χ0) is 26.8. The van der Waals surface area contributed by atoms with Crippen molar-refractivity contribution in [1.82, 2.24) is 0 Å². The third-order valence-electron chi connectivity index (χ3n) is 6.49. The van der Waals surface area contributed by atoms with E-state index in [1.807, 2.05) is 86.5 Å². The summed E-state index contributed by atoms with van der Waals surface area (Å²) < 4.78 is 0. The average Bonchev–Trinajstić information content (AvgIpc) is 2.94. The summed E-state index contributed by atoms with van der Waals surface area (Å²) in [6.45, 7) is 0. The van der Waals surface area contributed by atoms with Gasteiger partial charge in [-0.25, -0.2) is 0 Å². The lowest BCUT2D eigenvalue weighted by molar-refractivity contribution is 0.0979. The van der Waals surface area contributed by atoms with Crippen molar-refractivity contribution in [3.63, 3.8) is 0 Å². The fourth-order valence-corrected chi connectivity index (χ4v) is 4.28. The SMILES string of the molecule is CN(C)c1ccc(C#Cc2ccc3c(c2)C(=O)c2ccc(C#Cc4ccc(N(C)C)cc4)cc2C3=O)cc1. The molecule has 5 rings (SSSR count). The maximum Gasteiger partial charge on any atom is 0.194 e. The number of carbonyl (C=O) groups excluding carboxylic acids is 2. The Kier molecular flexibility index (Phi) is 6.56. The van der Waals surface area contributed by atoms with E-state index in [1.54, 1.807) is 36.4 Å². The molecule has 0 heterocycles. The highest BCUT2D eigenvalue weighted by molar-refractivity contribution is 6.28. The molecule has 0 spiro atoms. The van der Waals surface area contributed by atoms with Gasteiger partial charge in [-0.05, 0) is 84.9 Å². The fraction of sp³-hybridized carbons (Fsp3) is 0.118. The number of fused-ring (bicyclic) bond motifs is 2. The Balaban J connectivity index is 1.40. The van der Waals surface area contributed by atoms with Crippen LogP contribution in [-0.2, 0) is 0 Å². The first-order valence-electron chi connectivity index (χ1n) is 12.3. The molecule has 0 radical (unpaired) electrons. The highest BCUT2D eigenvalue weighted by Gasteiger charge is 2.29. The molecule has 1 aliphatic carbocycles. The molecule has 0 unspecified atom stereocenters. The molecule has 0 aliphatic heterocycles. The summed E-state index contributed by atoms with van der Waals surface area (Å²) in [6.07, 6.45) is 0. The third kappa shape index (κ3) is 4.94. The molecule has 0 saturated heterocycles. The summed E-state index contributed by atoms with van der Waals surface area (Å²) in [4.78, 5) is 30.7. The lowest BCUT2D eigenvalue weighted by Crippen LogP contribution is -2.21. The maximum atomic E-state index is 13.3. The van der Waals surface area contributed by atoms with E-state index in [0.717, 1.165) is 22.5 Å². The lowest BCUT2D eigenvalue weighted by Gasteiger charge is -2.17. The van der Waals surface area contributed by atoms with Gasteiger partial charge < -0.3 is 9.80 Å². The van der Waals surface area contributed by atoms with Crippen molar-refractivity contribution in [3.05, 3.63) is 129 Å². The topological polar surface area (TPSA) is 40.6 Å². The van der Waals surface area contributed by atoms with Crippen LogP contribution in [0.4, 0.5) is 11.4 Å². The highest BCUT2D eigenvalue weighted by atomic mass is 16.1. The van der Waals surface area contributed by atoms with Crippen LogP contribution in [0.3, 0.4) is 0 Å². The molecule has 0 bridgehead atoms. The summed E-state index contributed by atoms with van der Waals surface area (Å²) in [5.74, 6) is 12.2. The largest absolute Gasteiger partial charge is 0.378 e. The minimum Gasteiger partial charge on any atom is -0.378 e. The predicted molar refractivity (Wildman–Crippen MR) is 153 cm³/mol. The molecule has 0 aromatic heterocycles. The van der Waals surface area contributed by atoms with Crippen molar-refractivity contribution >= 4 is 22.9 Å². The second kappa shape index (κ2) is 10.1. The minimum absolute atomic E-state index is 0.174. The van der Waals surface area contributed by atoms with Crippen molar-refractivity contribution in [2.24, 2.45) is 0 Å². The van der Waals surface area contributed by atoms with Crippen LogP contribution in [0.25, 0.3) is 0 Å². The van der Waals surface area contributed by atoms with E-state index in [-0.39, 0.29) is 11.6 Å². The summed E-state index contributed by atoms with van der Waals surface area (Å²) in [5.41, 5.74) is 6.89. The normalized spacial score (nSPS) is 11.4. The molecular formula is C34H26N2O2. The van der Waals surface area contributed by atoms with Crippen molar-refractivity contribution in [2.75, 3.05) is 38.0 Å². The first-order chi connectivity index (χ1) is 18.3. The van der Waals surface area contributed by atoms with Gasteiger partial charge in [0.05, 0.1) is 0 Å². The summed E-state index contributed by atoms with van der Waals surface area (Å²) in [5, 5.41) is 0. The molecule has 0 N–H and O–H groups in total. The number of anilines is 2. The standard InChI is InChI=1S/C34H26N2O2/c1-35(2)27-15-9-23(10-16-27)5-7-25-13-19-29-31(21-25)33(37)30-20-14-26(22-32(30)34(29)38)8-6-24-11-17-28(18-12-24)36(3)4/h9-22H,1-4H3. The molecule has 184 valence electrons. The van der Waals surface area contributed by atoms with Gasteiger partial charge in [0.2, 0.25) is 0 Å². The number of hydrogen-bond donors (Lipinski definition) is 0. The highest BCUT2D eigenvalue weighted by Crippen LogP contribution is 2.28. The Morgan fingerprint density at radius 3 is 1.08 bits per heavy atom. The van der Waals surface area contributed by atoms with Crippen LogP contribution in [0.2, 0.25) is 0 Å². The van der Waals surface area contributed by atoms with E-state index >= 15 is 0 Å². The first-order valence-corrected chi connectivity index (χ1v) is 12.3. The maximum absolute atomic E-state index is 13.3. The zero-order valence-electron chi connectivity index (χ0n) is 21.8. The predicted octanol–water partition coefficient (Wildman–Crippen LogP) is 5.39. The Labute approximate surface area is 223 Å². The van der Waals surface area contributed by atoms with E-state index < -0.39 is 0 Å². The molecule has 0 fully saturated rings. The van der Waals surface area contributed by atoms with Crippen LogP contribution >= 0.6 is 0 Å². The molecule has 0 saturated carbocycles. The van der Waals surface area contributed by atoms with Crippen LogP contribution in [0.5, 0.6) is 0 Å². The number of hydrogen-bond acceptors (Lipinski definition) is 4. The van der Waals surface area contributed by atoms with Gasteiger partial charge >= 0.3 is 0 Å². The molecule has 4 heteroatoms. The summed E-state index contributed by atoms with van der Waals surface area (Å²) in [7, 11) is 7.96. The van der Waals surface area contributed by atoms with Gasteiger partial charge in [0.1, 0.15) is 0 Å². The van der Waals surface area contributed by atoms with Gasteiger partial charge in [-0.15, -0.1) is 0 Å².